The Kier molecular flexibility index (Phi) is 5.60. The van der Waals surface area contributed by atoms with Gasteiger partial charge in [0.25, 0.3) is 0 Å². The zero-order chi connectivity index (χ0) is 17.8. The van der Waals surface area contributed by atoms with Crippen molar-refractivity contribution in [3.8, 4) is 10.6 Å². The molecule has 0 bridgehead atoms. The second kappa shape index (κ2) is 7.89. The molecule has 1 atom stereocenters. The molecule has 0 saturated heterocycles. The van der Waals surface area contributed by atoms with Crippen molar-refractivity contribution in [1.82, 2.24) is 10.3 Å². The van der Waals surface area contributed by atoms with E-state index in [1.54, 1.807) is 34.8 Å². The minimum atomic E-state index is -0.277. The number of hydrogen-bond donors (Lipinski definition) is 1. The summed E-state index contributed by atoms with van der Waals surface area (Å²) < 4.78 is 13.1. The van der Waals surface area contributed by atoms with E-state index < -0.39 is 0 Å². The first-order valence-electron chi connectivity index (χ1n) is 8.04. The van der Waals surface area contributed by atoms with E-state index in [-0.39, 0.29) is 30.1 Å². The summed E-state index contributed by atoms with van der Waals surface area (Å²) >= 11 is 3.17. The third kappa shape index (κ3) is 4.52. The van der Waals surface area contributed by atoms with E-state index in [1.807, 2.05) is 36.1 Å². The number of carbonyl (C=O) groups is 1. The fourth-order valence-corrected chi connectivity index (χ4v) is 4.13. The summed E-state index contributed by atoms with van der Waals surface area (Å²) in [6.07, 6.45) is 0.241. The number of halogens is 1. The van der Waals surface area contributed by atoms with E-state index in [0.29, 0.717) is 0 Å². The Balaban J connectivity index is 1.67. The summed E-state index contributed by atoms with van der Waals surface area (Å²) in [6, 6.07) is 8.16. The summed E-state index contributed by atoms with van der Waals surface area (Å²) in [7, 11) is 0. The third-order valence-electron chi connectivity index (χ3n) is 3.87. The van der Waals surface area contributed by atoms with Crippen LogP contribution in [0.15, 0.2) is 46.5 Å². The van der Waals surface area contributed by atoms with Gasteiger partial charge in [-0.2, -0.15) is 11.3 Å². The highest BCUT2D eigenvalue weighted by Gasteiger charge is 2.19. The number of rotatable bonds is 6. The third-order valence-corrected chi connectivity index (χ3v) is 5.50. The Bertz CT molecular complexity index is 825. The highest BCUT2D eigenvalue weighted by Crippen LogP contribution is 2.26. The van der Waals surface area contributed by atoms with Crippen molar-refractivity contribution in [3.05, 3.63) is 63.5 Å². The zero-order valence-electron chi connectivity index (χ0n) is 14.0. The number of nitrogens with one attached hydrogen (secondary N) is 1. The molecule has 0 aliphatic carbocycles. The Morgan fingerprint density at radius 3 is 2.60 bits per heavy atom. The number of hydrogen-bond acceptors (Lipinski definition) is 4. The maximum atomic E-state index is 13.1. The highest BCUT2D eigenvalue weighted by atomic mass is 32.1. The van der Waals surface area contributed by atoms with Gasteiger partial charge in [0.15, 0.2) is 0 Å². The van der Waals surface area contributed by atoms with Gasteiger partial charge < -0.3 is 5.32 Å². The summed E-state index contributed by atoms with van der Waals surface area (Å²) in [4.78, 5) is 17.0. The van der Waals surface area contributed by atoms with Crippen molar-refractivity contribution in [2.45, 2.75) is 26.3 Å². The number of carbonyl (C=O) groups excluding carboxylic acids is 1. The van der Waals surface area contributed by atoms with E-state index in [9.17, 15) is 9.18 Å². The lowest BCUT2D eigenvalue weighted by Crippen LogP contribution is -2.32. The van der Waals surface area contributed by atoms with Gasteiger partial charge in [0, 0.05) is 16.3 Å². The van der Waals surface area contributed by atoms with Gasteiger partial charge in [0.1, 0.15) is 10.8 Å². The SMILES string of the molecule is CC(C)C(NC(=O)Cc1csc(-c2ccsc2)n1)c1ccc(F)cc1. The molecule has 1 aromatic carbocycles. The molecule has 3 rings (SSSR count). The van der Waals surface area contributed by atoms with Crippen LogP contribution in [0.25, 0.3) is 10.6 Å². The number of nitrogens with zero attached hydrogens (tertiary/aromatic N) is 1. The molecule has 0 fully saturated rings. The average molecular weight is 375 g/mol. The number of aromatic nitrogens is 1. The molecule has 6 heteroatoms. The molecule has 0 saturated carbocycles. The minimum Gasteiger partial charge on any atom is -0.349 e. The monoisotopic (exact) mass is 374 g/mol. The molecule has 1 unspecified atom stereocenters. The van der Waals surface area contributed by atoms with Crippen molar-refractivity contribution in [3.63, 3.8) is 0 Å². The molecule has 2 heterocycles. The summed E-state index contributed by atoms with van der Waals surface area (Å²) in [5, 5.41) is 9.97. The summed E-state index contributed by atoms with van der Waals surface area (Å²) in [5.41, 5.74) is 2.76. The molecule has 0 aliphatic rings. The molecule has 3 nitrogen and oxygen atoms in total. The van der Waals surface area contributed by atoms with Crippen molar-refractivity contribution < 1.29 is 9.18 Å². The van der Waals surface area contributed by atoms with Crippen molar-refractivity contribution in [2.75, 3.05) is 0 Å². The first kappa shape index (κ1) is 17.8. The standard InChI is InChI=1S/C19H19FN2OS2/c1-12(2)18(13-3-5-15(20)6-4-13)22-17(23)9-16-11-25-19(21-16)14-7-8-24-10-14/h3-8,10-12,18H,9H2,1-2H3,(H,22,23). The maximum absolute atomic E-state index is 13.1. The maximum Gasteiger partial charge on any atom is 0.226 e. The van der Waals surface area contributed by atoms with Gasteiger partial charge in [-0.3, -0.25) is 4.79 Å². The Hall–Kier alpha value is -2.05. The van der Waals surface area contributed by atoms with Crippen LogP contribution in [-0.4, -0.2) is 10.9 Å². The Morgan fingerprint density at radius 1 is 1.20 bits per heavy atom. The van der Waals surface area contributed by atoms with Crippen molar-refractivity contribution in [1.29, 1.82) is 0 Å². The van der Waals surface area contributed by atoms with Gasteiger partial charge in [0.05, 0.1) is 18.2 Å². The van der Waals surface area contributed by atoms with Crippen LogP contribution in [0, 0.1) is 11.7 Å². The molecule has 1 amide bonds. The van der Waals surface area contributed by atoms with E-state index in [1.165, 1.54) is 12.1 Å². The van der Waals surface area contributed by atoms with Crippen LogP contribution in [0.3, 0.4) is 0 Å². The van der Waals surface area contributed by atoms with Gasteiger partial charge in [-0.25, -0.2) is 9.37 Å². The number of benzene rings is 1. The molecule has 25 heavy (non-hydrogen) atoms. The van der Waals surface area contributed by atoms with Crippen LogP contribution in [0.2, 0.25) is 0 Å². The van der Waals surface area contributed by atoms with Crippen LogP contribution >= 0.6 is 22.7 Å². The van der Waals surface area contributed by atoms with Crippen LogP contribution in [0.1, 0.15) is 31.1 Å². The topological polar surface area (TPSA) is 42.0 Å². The predicted molar refractivity (Wildman–Crippen MR) is 101 cm³/mol. The number of thiazole rings is 1. The highest BCUT2D eigenvalue weighted by molar-refractivity contribution is 7.14. The molecule has 3 aromatic rings. The van der Waals surface area contributed by atoms with Crippen LogP contribution < -0.4 is 5.32 Å². The quantitative estimate of drug-likeness (QED) is 0.655. The van der Waals surface area contributed by atoms with E-state index >= 15 is 0 Å². The molecule has 0 aliphatic heterocycles. The van der Waals surface area contributed by atoms with Gasteiger partial charge in [-0.15, -0.1) is 11.3 Å². The molecular weight excluding hydrogens is 355 g/mol. The molecule has 0 radical (unpaired) electrons. The van der Waals surface area contributed by atoms with Crippen molar-refractivity contribution in [2.24, 2.45) is 5.92 Å². The smallest absolute Gasteiger partial charge is 0.226 e. The molecule has 2 aromatic heterocycles. The number of amides is 1. The lowest BCUT2D eigenvalue weighted by Gasteiger charge is -2.22. The zero-order valence-corrected chi connectivity index (χ0v) is 15.7. The van der Waals surface area contributed by atoms with Crippen molar-refractivity contribution >= 4 is 28.6 Å². The fraction of sp³-hybridized carbons (Fsp3) is 0.263. The van der Waals surface area contributed by atoms with Gasteiger partial charge in [-0.05, 0) is 35.1 Å². The van der Waals surface area contributed by atoms with Crippen LogP contribution in [0.4, 0.5) is 4.39 Å². The lowest BCUT2D eigenvalue weighted by atomic mass is 9.96. The van der Waals surface area contributed by atoms with E-state index in [0.717, 1.165) is 21.8 Å². The predicted octanol–water partition coefficient (Wildman–Crippen LogP) is 5.07. The Morgan fingerprint density at radius 2 is 1.96 bits per heavy atom. The number of thiophene rings is 1. The van der Waals surface area contributed by atoms with E-state index in [2.05, 4.69) is 10.3 Å². The minimum absolute atomic E-state index is 0.0785. The second-order valence-electron chi connectivity index (χ2n) is 6.17. The Labute approximate surface area is 154 Å². The average Bonchev–Trinajstić information content (AvgIpc) is 3.24. The second-order valence-corrected chi connectivity index (χ2v) is 7.81. The largest absolute Gasteiger partial charge is 0.349 e. The van der Waals surface area contributed by atoms with E-state index in [4.69, 9.17) is 0 Å². The molecule has 130 valence electrons. The van der Waals surface area contributed by atoms with Gasteiger partial charge >= 0.3 is 0 Å². The van der Waals surface area contributed by atoms with Crippen LogP contribution in [-0.2, 0) is 11.2 Å². The van der Waals surface area contributed by atoms with Gasteiger partial charge in [-0.1, -0.05) is 26.0 Å². The van der Waals surface area contributed by atoms with Gasteiger partial charge in [0.2, 0.25) is 5.91 Å². The van der Waals surface area contributed by atoms with Crippen LogP contribution in [0.5, 0.6) is 0 Å². The first-order chi connectivity index (χ1) is 12.0. The molecule has 1 N–H and O–H groups in total. The summed E-state index contributed by atoms with van der Waals surface area (Å²) in [6.45, 7) is 4.07. The molecule has 0 spiro atoms. The summed E-state index contributed by atoms with van der Waals surface area (Å²) in [5.74, 6) is -0.155. The first-order valence-corrected chi connectivity index (χ1v) is 9.87. The fourth-order valence-electron chi connectivity index (χ4n) is 2.60. The molecular formula is C19H19FN2OS2. The normalized spacial score (nSPS) is 12.3. The lowest BCUT2D eigenvalue weighted by molar-refractivity contribution is -0.121.